The summed E-state index contributed by atoms with van der Waals surface area (Å²) in [6.07, 6.45) is 1.89. The predicted molar refractivity (Wildman–Crippen MR) is 125 cm³/mol. The van der Waals surface area contributed by atoms with Crippen LogP contribution in [0.25, 0.3) is 11.3 Å². The second-order valence-electron chi connectivity index (χ2n) is 7.39. The van der Waals surface area contributed by atoms with Crippen molar-refractivity contribution in [3.05, 3.63) is 106 Å². The van der Waals surface area contributed by atoms with E-state index in [9.17, 15) is 18.5 Å². The summed E-state index contributed by atoms with van der Waals surface area (Å²) < 4.78 is 25.9. The summed E-state index contributed by atoms with van der Waals surface area (Å²) in [6.45, 7) is 0.806. The van der Waals surface area contributed by atoms with Gasteiger partial charge in [0.25, 0.3) is 5.69 Å². The normalized spacial score (nSPS) is 11.3. The number of hydrogen-bond donors (Lipinski definition) is 2. The molecule has 10 heteroatoms. The van der Waals surface area contributed by atoms with Crippen LogP contribution in [0.15, 0.2) is 90.0 Å². The first-order chi connectivity index (χ1) is 15.8. The van der Waals surface area contributed by atoms with E-state index in [1.165, 1.54) is 12.1 Å². The van der Waals surface area contributed by atoms with E-state index in [0.29, 0.717) is 6.54 Å². The second-order valence-corrected chi connectivity index (χ2v) is 8.92. The molecule has 0 saturated carbocycles. The maximum absolute atomic E-state index is 12.0. The Morgan fingerprint density at radius 2 is 1.67 bits per heavy atom. The molecule has 0 aliphatic rings. The standard InChI is InChI=1S/C23H21N5O4S/c24-33(31,32)22-13-20(28(29)30)11-12-21(22)25-14-19-16-27(15-17-7-3-1-4-8-17)26-23(19)18-9-5-2-6-10-18/h1-13,16,25H,14-15H2,(H2,24,31,32). The number of aromatic nitrogens is 2. The van der Waals surface area contributed by atoms with Crippen LogP contribution in [0.4, 0.5) is 11.4 Å². The van der Waals surface area contributed by atoms with Crippen molar-refractivity contribution in [2.75, 3.05) is 5.32 Å². The maximum Gasteiger partial charge on any atom is 0.270 e. The molecule has 4 rings (SSSR count). The average molecular weight is 464 g/mol. The molecule has 4 aromatic rings. The van der Waals surface area contributed by atoms with Crippen molar-refractivity contribution in [3.8, 4) is 11.3 Å². The minimum Gasteiger partial charge on any atom is -0.380 e. The number of non-ortho nitro benzene ring substituents is 1. The summed E-state index contributed by atoms with van der Waals surface area (Å²) in [5.41, 5.74) is 3.40. The van der Waals surface area contributed by atoms with Gasteiger partial charge in [0.2, 0.25) is 10.0 Å². The van der Waals surface area contributed by atoms with Crippen LogP contribution in [0.2, 0.25) is 0 Å². The van der Waals surface area contributed by atoms with E-state index in [4.69, 9.17) is 10.2 Å². The zero-order valence-corrected chi connectivity index (χ0v) is 18.3. The van der Waals surface area contributed by atoms with Crippen molar-refractivity contribution >= 4 is 21.4 Å². The number of nitro groups is 1. The molecule has 0 spiro atoms. The summed E-state index contributed by atoms with van der Waals surface area (Å²) >= 11 is 0. The van der Waals surface area contributed by atoms with Crippen LogP contribution in [0, 0.1) is 10.1 Å². The van der Waals surface area contributed by atoms with E-state index < -0.39 is 14.9 Å². The van der Waals surface area contributed by atoms with Gasteiger partial charge in [-0.1, -0.05) is 60.7 Å². The lowest BCUT2D eigenvalue weighted by molar-refractivity contribution is -0.385. The molecule has 0 atom stereocenters. The van der Waals surface area contributed by atoms with Crippen molar-refractivity contribution in [2.45, 2.75) is 18.0 Å². The molecule has 0 unspecified atom stereocenters. The molecule has 33 heavy (non-hydrogen) atoms. The lowest BCUT2D eigenvalue weighted by Gasteiger charge is -2.11. The third kappa shape index (κ3) is 5.25. The number of nitrogens with zero attached hydrogens (tertiary/aromatic N) is 3. The molecule has 9 nitrogen and oxygen atoms in total. The summed E-state index contributed by atoms with van der Waals surface area (Å²) in [4.78, 5) is 10.1. The molecule has 1 heterocycles. The molecule has 0 aliphatic carbocycles. The zero-order valence-electron chi connectivity index (χ0n) is 17.5. The van der Waals surface area contributed by atoms with E-state index in [1.54, 1.807) is 0 Å². The largest absolute Gasteiger partial charge is 0.380 e. The van der Waals surface area contributed by atoms with Crippen LogP contribution < -0.4 is 10.5 Å². The predicted octanol–water partition coefficient (Wildman–Crippen LogP) is 3.77. The lowest BCUT2D eigenvalue weighted by atomic mass is 10.1. The molecule has 1 aromatic heterocycles. The molecule has 0 aliphatic heterocycles. The van der Waals surface area contributed by atoms with Crippen LogP contribution in [0.1, 0.15) is 11.1 Å². The van der Waals surface area contributed by atoms with Crippen LogP contribution in [0.5, 0.6) is 0 Å². The van der Waals surface area contributed by atoms with Crippen molar-refractivity contribution in [1.82, 2.24) is 9.78 Å². The molecule has 3 aromatic carbocycles. The summed E-state index contributed by atoms with van der Waals surface area (Å²) in [5, 5.41) is 24.2. The van der Waals surface area contributed by atoms with Gasteiger partial charge in [-0.05, 0) is 11.6 Å². The molecule has 3 N–H and O–H groups in total. The molecule has 0 fully saturated rings. The Kier molecular flexibility index (Phi) is 6.20. The molecule has 168 valence electrons. The van der Waals surface area contributed by atoms with Gasteiger partial charge in [-0.15, -0.1) is 0 Å². The maximum atomic E-state index is 12.0. The minimum atomic E-state index is -4.18. The van der Waals surface area contributed by atoms with E-state index in [-0.39, 0.29) is 22.8 Å². The van der Waals surface area contributed by atoms with Gasteiger partial charge in [0.15, 0.2) is 0 Å². The monoisotopic (exact) mass is 463 g/mol. The number of primary sulfonamides is 1. The van der Waals surface area contributed by atoms with Gasteiger partial charge in [-0.3, -0.25) is 14.8 Å². The van der Waals surface area contributed by atoms with Gasteiger partial charge in [0.1, 0.15) is 4.90 Å². The average Bonchev–Trinajstić information content (AvgIpc) is 3.20. The van der Waals surface area contributed by atoms with Gasteiger partial charge >= 0.3 is 0 Å². The Labute approximate surface area is 190 Å². The third-order valence-electron chi connectivity index (χ3n) is 5.02. The number of sulfonamides is 1. The Morgan fingerprint density at radius 3 is 2.30 bits per heavy atom. The van der Waals surface area contributed by atoms with Crippen LogP contribution >= 0.6 is 0 Å². The van der Waals surface area contributed by atoms with Gasteiger partial charge in [0, 0.05) is 36.0 Å². The first kappa shape index (κ1) is 22.2. The first-order valence-electron chi connectivity index (χ1n) is 10.0. The highest BCUT2D eigenvalue weighted by Gasteiger charge is 2.20. The molecule has 0 radical (unpaired) electrons. The molecule has 0 saturated heterocycles. The topological polar surface area (TPSA) is 133 Å². The number of rotatable bonds is 8. The van der Waals surface area contributed by atoms with Gasteiger partial charge < -0.3 is 5.32 Å². The first-order valence-corrected chi connectivity index (χ1v) is 11.6. The highest BCUT2D eigenvalue weighted by Crippen LogP contribution is 2.28. The Hall–Kier alpha value is -4.02. The number of benzene rings is 3. The SMILES string of the molecule is NS(=O)(=O)c1cc([N+](=O)[O-])ccc1NCc1cn(Cc2ccccc2)nc1-c1ccccc1. The smallest absolute Gasteiger partial charge is 0.270 e. The fraction of sp³-hybridized carbons (Fsp3) is 0.0870. The van der Waals surface area contributed by atoms with Crippen molar-refractivity contribution < 1.29 is 13.3 Å². The van der Waals surface area contributed by atoms with Gasteiger partial charge in [-0.2, -0.15) is 5.10 Å². The van der Waals surface area contributed by atoms with E-state index in [0.717, 1.165) is 28.5 Å². The Morgan fingerprint density at radius 1 is 1.00 bits per heavy atom. The second kappa shape index (κ2) is 9.23. The molecule has 0 bridgehead atoms. The summed E-state index contributed by atoms with van der Waals surface area (Å²) in [5.74, 6) is 0. The fourth-order valence-electron chi connectivity index (χ4n) is 3.48. The highest BCUT2D eigenvalue weighted by molar-refractivity contribution is 7.89. The van der Waals surface area contributed by atoms with E-state index in [1.807, 2.05) is 71.5 Å². The molecular weight excluding hydrogens is 442 g/mol. The number of hydrogen-bond acceptors (Lipinski definition) is 6. The van der Waals surface area contributed by atoms with Gasteiger partial charge in [0.05, 0.1) is 22.8 Å². The Balaban J connectivity index is 1.67. The van der Waals surface area contributed by atoms with Crippen molar-refractivity contribution in [1.29, 1.82) is 0 Å². The van der Waals surface area contributed by atoms with Crippen LogP contribution in [0.3, 0.4) is 0 Å². The minimum absolute atomic E-state index is 0.179. The fourth-order valence-corrected chi connectivity index (χ4v) is 4.21. The number of nitrogens with one attached hydrogen (secondary N) is 1. The van der Waals surface area contributed by atoms with Crippen molar-refractivity contribution in [2.24, 2.45) is 5.14 Å². The molecular formula is C23H21N5O4S. The van der Waals surface area contributed by atoms with E-state index >= 15 is 0 Å². The highest BCUT2D eigenvalue weighted by atomic mass is 32.2. The zero-order chi connectivity index (χ0) is 23.4. The number of nitro benzene ring substituents is 1. The lowest BCUT2D eigenvalue weighted by Crippen LogP contribution is -2.15. The Bertz CT molecular complexity index is 1390. The van der Waals surface area contributed by atoms with Gasteiger partial charge in [-0.25, -0.2) is 13.6 Å². The third-order valence-corrected chi connectivity index (χ3v) is 5.97. The summed E-state index contributed by atoms with van der Waals surface area (Å²) in [6, 6.07) is 23.1. The van der Waals surface area contributed by atoms with E-state index in [2.05, 4.69) is 5.32 Å². The van der Waals surface area contributed by atoms with Crippen LogP contribution in [-0.4, -0.2) is 23.1 Å². The number of anilines is 1. The van der Waals surface area contributed by atoms with Crippen molar-refractivity contribution in [3.63, 3.8) is 0 Å². The number of nitrogens with two attached hydrogens (primary N) is 1. The molecule has 0 amide bonds. The van der Waals surface area contributed by atoms with Crippen LogP contribution in [-0.2, 0) is 23.1 Å². The summed E-state index contributed by atoms with van der Waals surface area (Å²) in [7, 11) is -4.18. The quantitative estimate of drug-likeness (QED) is 0.302.